The number of hydrogen-bond acceptors (Lipinski definition) is 5. The fraction of sp³-hybridized carbons (Fsp3) is 0.600. The van der Waals surface area contributed by atoms with Crippen LogP contribution in [0.4, 0.5) is 5.69 Å². The number of nitro groups is 1. The molecule has 0 aliphatic rings. The van der Waals surface area contributed by atoms with Crippen LogP contribution in [0.25, 0.3) is 0 Å². The van der Waals surface area contributed by atoms with Crippen molar-refractivity contribution in [3.8, 4) is 0 Å². The SMILES string of the molecule is CCCNCCNC(=O)c1n[nH]c(C)c1[N+](=O)[O-].Cl. The van der Waals surface area contributed by atoms with Gasteiger partial charge in [-0.05, 0) is 19.9 Å². The van der Waals surface area contributed by atoms with E-state index in [0.717, 1.165) is 13.0 Å². The Morgan fingerprint density at radius 2 is 2.11 bits per heavy atom. The molecular weight excluding hydrogens is 274 g/mol. The minimum absolute atomic E-state index is 0. The summed E-state index contributed by atoms with van der Waals surface area (Å²) in [6.45, 7) is 5.45. The summed E-state index contributed by atoms with van der Waals surface area (Å²) < 4.78 is 0. The molecule has 1 aromatic rings. The van der Waals surface area contributed by atoms with Crippen LogP contribution in [0.2, 0.25) is 0 Å². The summed E-state index contributed by atoms with van der Waals surface area (Å²) in [7, 11) is 0. The quantitative estimate of drug-likeness (QED) is 0.390. The van der Waals surface area contributed by atoms with Crippen LogP contribution in [0.15, 0.2) is 0 Å². The van der Waals surface area contributed by atoms with Crippen LogP contribution < -0.4 is 10.6 Å². The van der Waals surface area contributed by atoms with Gasteiger partial charge < -0.3 is 10.6 Å². The number of H-pyrrole nitrogens is 1. The predicted octanol–water partition coefficient (Wildman–Crippen LogP) is 0.778. The largest absolute Gasteiger partial charge is 0.349 e. The first-order valence-electron chi connectivity index (χ1n) is 5.76. The fourth-order valence-corrected chi connectivity index (χ4v) is 1.45. The third-order valence-corrected chi connectivity index (χ3v) is 2.33. The number of hydrogen-bond donors (Lipinski definition) is 3. The number of carbonyl (C=O) groups is 1. The van der Waals surface area contributed by atoms with Gasteiger partial charge in [0.05, 0.1) is 4.92 Å². The summed E-state index contributed by atoms with van der Waals surface area (Å²) in [5.41, 5.74) is -0.170. The van der Waals surface area contributed by atoms with E-state index in [0.29, 0.717) is 13.1 Å². The first-order chi connectivity index (χ1) is 8.57. The first kappa shape index (κ1) is 17.3. The smallest absolute Gasteiger partial charge is 0.322 e. The molecular formula is C10H18ClN5O3. The van der Waals surface area contributed by atoms with Gasteiger partial charge in [-0.25, -0.2) is 0 Å². The molecule has 0 aliphatic heterocycles. The maximum absolute atomic E-state index is 11.7. The van der Waals surface area contributed by atoms with E-state index in [9.17, 15) is 14.9 Å². The van der Waals surface area contributed by atoms with Crippen LogP contribution in [0.3, 0.4) is 0 Å². The van der Waals surface area contributed by atoms with Crippen molar-refractivity contribution in [1.82, 2.24) is 20.8 Å². The zero-order valence-electron chi connectivity index (χ0n) is 10.9. The van der Waals surface area contributed by atoms with E-state index in [2.05, 4.69) is 20.8 Å². The molecule has 8 nitrogen and oxygen atoms in total. The van der Waals surface area contributed by atoms with Crippen LogP contribution in [0.5, 0.6) is 0 Å². The van der Waals surface area contributed by atoms with Crippen molar-refractivity contribution in [1.29, 1.82) is 0 Å². The molecule has 0 aromatic carbocycles. The summed E-state index contributed by atoms with van der Waals surface area (Å²) in [6, 6.07) is 0. The Labute approximate surface area is 116 Å². The molecule has 1 amide bonds. The summed E-state index contributed by atoms with van der Waals surface area (Å²) in [6.07, 6.45) is 1.01. The van der Waals surface area contributed by atoms with E-state index in [-0.39, 0.29) is 29.5 Å². The maximum atomic E-state index is 11.7. The molecule has 0 saturated carbocycles. The highest BCUT2D eigenvalue weighted by atomic mass is 35.5. The third-order valence-electron chi connectivity index (χ3n) is 2.33. The van der Waals surface area contributed by atoms with E-state index >= 15 is 0 Å². The Kier molecular flexibility index (Phi) is 7.69. The number of amides is 1. The Morgan fingerprint density at radius 1 is 1.42 bits per heavy atom. The summed E-state index contributed by atoms with van der Waals surface area (Å²) in [4.78, 5) is 21.9. The van der Waals surface area contributed by atoms with E-state index < -0.39 is 10.8 Å². The number of aromatic nitrogens is 2. The Morgan fingerprint density at radius 3 is 2.68 bits per heavy atom. The number of carbonyl (C=O) groups excluding carboxylic acids is 1. The number of aromatic amines is 1. The van der Waals surface area contributed by atoms with E-state index in [1.165, 1.54) is 6.92 Å². The van der Waals surface area contributed by atoms with Gasteiger partial charge in [0.1, 0.15) is 5.69 Å². The Bertz CT molecular complexity index is 435. The van der Waals surface area contributed by atoms with Gasteiger partial charge in [-0.2, -0.15) is 5.10 Å². The van der Waals surface area contributed by atoms with Crippen molar-refractivity contribution in [2.24, 2.45) is 0 Å². The lowest BCUT2D eigenvalue weighted by Gasteiger charge is -2.04. The topological polar surface area (TPSA) is 113 Å². The molecule has 0 radical (unpaired) electrons. The van der Waals surface area contributed by atoms with Crippen LogP contribution in [-0.2, 0) is 0 Å². The van der Waals surface area contributed by atoms with Crippen molar-refractivity contribution < 1.29 is 9.72 Å². The molecule has 0 fully saturated rings. The van der Waals surface area contributed by atoms with Gasteiger partial charge in [-0.15, -0.1) is 12.4 Å². The van der Waals surface area contributed by atoms with Gasteiger partial charge in [0.2, 0.25) is 5.69 Å². The van der Waals surface area contributed by atoms with Crippen molar-refractivity contribution >= 4 is 24.0 Å². The molecule has 0 unspecified atom stereocenters. The first-order valence-corrected chi connectivity index (χ1v) is 5.76. The molecule has 1 aromatic heterocycles. The molecule has 19 heavy (non-hydrogen) atoms. The molecule has 0 saturated heterocycles. The third kappa shape index (κ3) is 4.84. The second-order valence-corrected chi connectivity index (χ2v) is 3.81. The number of halogens is 1. The van der Waals surface area contributed by atoms with E-state index in [1.54, 1.807) is 0 Å². The summed E-state index contributed by atoms with van der Waals surface area (Å²) >= 11 is 0. The maximum Gasteiger partial charge on any atom is 0.322 e. The molecule has 0 bridgehead atoms. The second-order valence-electron chi connectivity index (χ2n) is 3.81. The van der Waals surface area contributed by atoms with Crippen LogP contribution in [0, 0.1) is 17.0 Å². The van der Waals surface area contributed by atoms with Crippen molar-refractivity contribution in [2.45, 2.75) is 20.3 Å². The van der Waals surface area contributed by atoms with Crippen molar-refractivity contribution in [2.75, 3.05) is 19.6 Å². The monoisotopic (exact) mass is 291 g/mol. The highest BCUT2D eigenvalue weighted by molar-refractivity contribution is 5.96. The number of nitrogens with zero attached hydrogens (tertiary/aromatic N) is 2. The normalized spacial score (nSPS) is 9.79. The Balaban J connectivity index is 0.00000324. The molecule has 0 atom stereocenters. The van der Waals surface area contributed by atoms with E-state index in [1.807, 2.05) is 6.92 Å². The molecule has 3 N–H and O–H groups in total. The lowest BCUT2D eigenvalue weighted by molar-refractivity contribution is -0.385. The Hall–Kier alpha value is -1.67. The number of aryl methyl sites for hydroxylation is 1. The van der Waals surface area contributed by atoms with Gasteiger partial charge in [0, 0.05) is 13.1 Å². The lowest BCUT2D eigenvalue weighted by atomic mass is 10.3. The summed E-state index contributed by atoms with van der Waals surface area (Å²) in [5.74, 6) is -0.538. The zero-order chi connectivity index (χ0) is 13.5. The minimum atomic E-state index is -0.608. The zero-order valence-corrected chi connectivity index (χ0v) is 11.7. The van der Waals surface area contributed by atoms with Crippen LogP contribution in [-0.4, -0.2) is 40.7 Å². The van der Waals surface area contributed by atoms with Crippen LogP contribution in [0.1, 0.15) is 29.5 Å². The van der Waals surface area contributed by atoms with Crippen molar-refractivity contribution in [3.63, 3.8) is 0 Å². The van der Waals surface area contributed by atoms with Gasteiger partial charge in [0.15, 0.2) is 0 Å². The molecule has 0 aliphatic carbocycles. The lowest BCUT2D eigenvalue weighted by Crippen LogP contribution is -2.32. The van der Waals surface area contributed by atoms with Gasteiger partial charge in [-0.1, -0.05) is 6.92 Å². The molecule has 0 spiro atoms. The van der Waals surface area contributed by atoms with Gasteiger partial charge in [0.25, 0.3) is 5.91 Å². The summed E-state index contributed by atoms with van der Waals surface area (Å²) in [5, 5.41) is 22.6. The minimum Gasteiger partial charge on any atom is -0.349 e. The predicted molar refractivity (Wildman–Crippen MR) is 72.7 cm³/mol. The highest BCUT2D eigenvalue weighted by Gasteiger charge is 2.26. The molecule has 1 rings (SSSR count). The molecule has 9 heteroatoms. The number of nitrogens with one attached hydrogen (secondary N) is 3. The average Bonchev–Trinajstić information content (AvgIpc) is 2.70. The van der Waals surface area contributed by atoms with Crippen LogP contribution >= 0.6 is 12.4 Å². The second kappa shape index (κ2) is 8.44. The van der Waals surface area contributed by atoms with Crippen molar-refractivity contribution in [3.05, 3.63) is 21.5 Å². The molecule has 108 valence electrons. The molecule has 1 heterocycles. The number of rotatable bonds is 7. The average molecular weight is 292 g/mol. The fourth-order valence-electron chi connectivity index (χ4n) is 1.45. The van der Waals surface area contributed by atoms with Gasteiger partial charge in [-0.3, -0.25) is 20.0 Å². The van der Waals surface area contributed by atoms with E-state index in [4.69, 9.17) is 0 Å². The highest BCUT2D eigenvalue weighted by Crippen LogP contribution is 2.19. The van der Waals surface area contributed by atoms with Gasteiger partial charge >= 0.3 is 5.69 Å². The standard InChI is InChI=1S/C10H17N5O3.ClH/c1-3-4-11-5-6-12-10(16)8-9(15(17)18)7(2)13-14-8;/h11H,3-6H2,1-2H3,(H,12,16)(H,13,14);1H.